The van der Waals surface area contributed by atoms with Crippen molar-refractivity contribution < 1.29 is 0 Å². The van der Waals surface area contributed by atoms with Crippen LogP contribution in [0.5, 0.6) is 0 Å². The highest BCUT2D eigenvalue weighted by Crippen LogP contribution is 2.47. The number of nitrogens with zero attached hydrogens (tertiary/aromatic N) is 1. The van der Waals surface area contributed by atoms with Gasteiger partial charge in [0.2, 0.25) is 0 Å². The third-order valence-corrected chi connectivity index (χ3v) is 12.7. The van der Waals surface area contributed by atoms with E-state index in [0.717, 1.165) is 11.4 Å². The van der Waals surface area contributed by atoms with E-state index in [1.54, 1.807) is 0 Å². The number of hydrogen-bond acceptors (Lipinski definition) is 2. The van der Waals surface area contributed by atoms with E-state index < -0.39 is 0 Å². The van der Waals surface area contributed by atoms with Gasteiger partial charge in [-0.1, -0.05) is 182 Å². The van der Waals surface area contributed by atoms with E-state index in [0.29, 0.717) is 0 Å². The minimum Gasteiger partial charge on any atom is -0.309 e. The van der Waals surface area contributed by atoms with Gasteiger partial charge >= 0.3 is 0 Å². The lowest BCUT2D eigenvalue weighted by Gasteiger charge is -2.26. The summed E-state index contributed by atoms with van der Waals surface area (Å²) in [6.45, 7) is 0. The molecule has 0 saturated heterocycles. The van der Waals surface area contributed by atoms with E-state index in [1.807, 2.05) is 11.3 Å². The van der Waals surface area contributed by atoms with Crippen molar-refractivity contribution in [3.8, 4) is 44.5 Å². The SMILES string of the molecule is c1ccc(-c2ccc3ccc(-c4ccc(N(c5ccc(-c6cccc7ccccc67)cc5)c5cccc6c5sc5c(-c7ccccc7)cccc56)cc4)cc3c2)cc1. The fourth-order valence-electron chi connectivity index (χ4n) is 8.56. The van der Waals surface area contributed by atoms with Crippen LogP contribution in [0, 0.1) is 0 Å². The molecule has 0 N–H and O–H groups in total. The Hall–Kier alpha value is -7.26. The van der Waals surface area contributed by atoms with E-state index in [2.05, 4.69) is 229 Å². The maximum atomic E-state index is 2.43. The molecule has 0 bridgehead atoms. The fourth-order valence-corrected chi connectivity index (χ4v) is 9.90. The Kier molecular flexibility index (Phi) is 8.42. The van der Waals surface area contributed by atoms with Crippen molar-refractivity contribution in [1.29, 1.82) is 0 Å². The summed E-state index contributed by atoms with van der Waals surface area (Å²) in [5.74, 6) is 0. The molecular weight excluding hydrogens is 719 g/mol. The molecule has 1 heterocycles. The third-order valence-electron chi connectivity index (χ3n) is 11.5. The molecule has 0 radical (unpaired) electrons. The van der Waals surface area contributed by atoms with Gasteiger partial charge in [0.25, 0.3) is 0 Å². The van der Waals surface area contributed by atoms with Crippen LogP contribution in [0.2, 0.25) is 0 Å². The van der Waals surface area contributed by atoms with Crippen molar-refractivity contribution >= 4 is 70.1 Å². The van der Waals surface area contributed by atoms with Crippen molar-refractivity contribution in [2.45, 2.75) is 0 Å². The minimum atomic E-state index is 1.11. The number of thiophene rings is 1. The Morgan fingerprint density at radius 3 is 1.47 bits per heavy atom. The lowest BCUT2D eigenvalue weighted by molar-refractivity contribution is 1.30. The highest BCUT2D eigenvalue weighted by Gasteiger charge is 2.20. The first-order valence-corrected chi connectivity index (χ1v) is 20.6. The standard InChI is InChI=1S/C56H37NS/c1-3-12-38(13-4-1)44-26-24-40-25-27-45(37-46(40)36-44)39-28-32-47(33-29-39)57(48-34-30-43(31-35-48)50-19-9-17-41-16-7-8-18-49(41)50)54-23-11-22-53-52-21-10-20-51(55(52)58-56(53)54)42-14-5-2-6-15-42/h1-37H. The Bertz CT molecular complexity index is 3250. The maximum absolute atomic E-state index is 2.43. The van der Waals surface area contributed by atoms with Crippen molar-refractivity contribution in [3.63, 3.8) is 0 Å². The van der Waals surface area contributed by atoms with Crippen molar-refractivity contribution in [3.05, 3.63) is 224 Å². The average molecular weight is 756 g/mol. The molecule has 10 aromatic carbocycles. The summed E-state index contributed by atoms with van der Waals surface area (Å²) < 4.78 is 2.58. The van der Waals surface area contributed by atoms with Crippen LogP contribution in [0.4, 0.5) is 17.1 Å². The van der Waals surface area contributed by atoms with Crippen LogP contribution in [0.25, 0.3) is 86.2 Å². The molecule has 11 rings (SSSR count). The number of anilines is 3. The Morgan fingerprint density at radius 1 is 0.276 bits per heavy atom. The molecule has 1 nitrogen and oxygen atoms in total. The lowest BCUT2D eigenvalue weighted by Crippen LogP contribution is -2.10. The summed E-state index contributed by atoms with van der Waals surface area (Å²) in [7, 11) is 0. The Labute approximate surface area is 342 Å². The van der Waals surface area contributed by atoms with Crippen molar-refractivity contribution in [2.75, 3.05) is 4.90 Å². The summed E-state index contributed by atoms with van der Waals surface area (Å²) in [5.41, 5.74) is 13.2. The Morgan fingerprint density at radius 2 is 0.759 bits per heavy atom. The second kappa shape index (κ2) is 14.4. The van der Waals surface area contributed by atoms with Crippen LogP contribution >= 0.6 is 11.3 Å². The smallest absolute Gasteiger partial charge is 0.0640 e. The van der Waals surface area contributed by atoms with Crippen LogP contribution in [0.1, 0.15) is 0 Å². The molecule has 272 valence electrons. The second-order valence-electron chi connectivity index (χ2n) is 14.9. The summed E-state index contributed by atoms with van der Waals surface area (Å²) >= 11 is 1.89. The molecule has 2 heteroatoms. The van der Waals surface area contributed by atoms with Gasteiger partial charge in [-0.05, 0) is 109 Å². The van der Waals surface area contributed by atoms with Crippen LogP contribution < -0.4 is 4.90 Å². The van der Waals surface area contributed by atoms with Crippen LogP contribution in [0.3, 0.4) is 0 Å². The average Bonchev–Trinajstić information content (AvgIpc) is 3.69. The van der Waals surface area contributed by atoms with Gasteiger partial charge in [-0.3, -0.25) is 0 Å². The molecule has 0 saturated carbocycles. The highest BCUT2D eigenvalue weighted by atomic mass is 32.1. The summed E-state index contributed by atoms with van der Waals surface area (Å²) in [4.78, 5) is 2.43. The van der Waals surface area contributed by atoms with Crippen LogP contribution in [0.15, 0.2) is 224 Å². The summed E-state index contributed by atoms with van der Waals surface area (Å²) in [6.07, 6.45) is 0. The molecular formula is C56H37NS. The van der Waals surface area contributed by atoms with Gasteiger partial charge in [0.1, 0.15) is 0 Å². The molecule has 0 atom stereocenters. The number of benzene rings is 10. The highest BCUT2D eigenvalue weighted by molar-refractivity contribution is 7.27. The van der Waals surface area contributed by atoms with Crippen molar-refractivity contribution in [2.24, 2.45) is 0 Å². The molecule has 58 heavy (non-hydrogen) atoms. The summed E-state index contributed by atoms with van der Waals surface area (Å²) in [6, 6.07) is 81.8. The van der Waals surface area contributed by atoms with Crippen LogP contribution in [-0.4, -0.2) is 0 Å². The molecule has 0 aliphatic carbocycles. The van der Waals surface area contributed by atoms with E-state index in [4.69, 9.17) is 0 Å². The predicted octanol–water partition coefficient (Wildman–Crippen LogP) is 16.5. The molecule has 11 aromatic rings. The zero-order chi connectivity index (χ0) is 38.4. The minimum absolute atomic E-state index is 1.11. The topological polar surface area (TPSA) is 3.24 Å². The molecule has 0 amide bonds. The van der Waals surface area contributed by atoms with Crippen LogP contribution in [-0.2, 0) is 0 Å². The zero-order valence-corrected chi connectivity index (χ0v) is 32.5. The molecule has 0 aliphatic rings. The summed E-state index contributed by atoms with van der Waals surface area (Å²) in [5, 5.41) is 7.55. The lowest BCUT2D eigenvalue weighted by atomic mass is 9.97. The fraction of sp³-hybridized carbons (Fsp3) is 0. The van der Waals surface area contributed by atoms with Gasteiger partial charge in [0, 0.05) is 26.8 Å². The monoisotopic (exact) mass is 755 g/mol. The normalized spacial score (nSPS) is 11.4. The Balaban J connectivity index is 1.04. The van der Waals surface area contributed by atoms with E-state index in [1.165, 1.54) is 91.9 Å². The molecule has 1 aromatic heterocycles. The molecule has 0 fully saturated rings. The number of rotatable bonds is 7. The van der Waals surface area contributed by atoms with Crippen molar-refractivity contribution in [1.82, 2.24) is 0 Å². The molecule has 0 unspecified atom stereocenters. The van der Waals surface area contributed by atoms with E-state index in [9.17, 15) is 0 Å². The maximum Gasteiger partial charge on any atom is 0.0640 e. The third kappa shape index (κ3) is 6.03. The van der Waals surface area contributed by atoms with Gasteiger partial charge in [-0.15, -0.1) is 11.3 Å². The quantitative estimate of drug-likeness (QED) is 0.157. The predicted molar refractivity (Wildman–Crippen MR) is 251 cm³/mol. The van der Waals surface area contributed by atoms with Gasteiger partial charge in [0.05, 0.1) is 10.4 Å². The molecule has 0 spiro atoms. The van der Waals surface area contributed by atoms with Gasteiger partial charge < -0.3 is 4.90 Å². The number of hydrogen-bond donors (Lipinski definition) is 0. The number of fused-ring (bicyclic) bond motifs is 5. The van der Waals surface area contributed by atoms with Gasteiger partial charge in [-0.25, -0.2) is 0 Å². The van der Waals surface area contributed by atoms with E-state index in [-0.39, 0.29) is 0 Å². The first-order valence-electron chi connectivity index (χ1n) is 19.8. The zero-order valence-electron chi connectivity index (χ0n) is 31.7. The molecule has 0 aliphatic heterocycles. The second-order valence-corrected chi connectivity index (χ2v) is 15.9. The first kappa shape index (κ1) is 34.0. The largest absolute Gasteiger partial charge is 0.309 e. The van der Waals surface area contributed by atoms with Gasteiger partial charge in [0.15, 0.2) is 0 Å². The first-order chi connectivity index (χ1) is 28.7. The van der Waals surface area contributed by atoms with Gasteiger partial charge in [-0.2, -0.15) is 0 Å². The van der Waals surface area contributed by atoms with E-state index >= 15 is 0 Å².